The van der Waals surface area contributed by atoms with Gasteiger partial charge in [0.2, 0.25) is 5.76 Å². The van der Waals surface area contributed by atoms with Crippen molar-refractivity contribution < 1.29 is 29.2 Å². The highest BCUT2D eigenvalue weighted by Gasteiger charge is 2.44. The summed E-state index contributed by atoms with van der Waals surface area (Å²) in [6.45, 7) is 0.162. The van der Waals surface area contributed by atoms with Gasteiger partial charge in [0.05, 0.1) is 6.61 Å². The van der Waals surface area contributed by atoms with E-state index in [1.807, 2.05) is 30.3 Å². The number of hydrogen-bond donors (Lipinski definition) is 2. The molecule has 2 N–H and O–H groups in total. The highest BCUT2D eigenvalue weighted by molar-refractivity contribution is 5.89. The Morgan fingerprint density at radius 2 is 1.89 bits per heavy atom. The Kier molecular flexibility index (Phi) is 2.88. The lowest BCUT2D eigenvalue weighted by Crippen LogP contribution is -2.30. The van der Waals surface area contributed by atoms with Crippen LogP contribution in [0.5, 0.6) is 0 Å². The second-order valence-electron chi connectivity index (χ2n) is 4.31. The van der Waals surface area contributed by atoms with Gasteiger partial charge >= 0.3 is 5.97 Å². The SMILES string of the molecule is O=C1OC(C2COC(c3ccccc3)O2)C(O)=C1O. The summed E-state index contributed by atoms with van der Waals surface area (Å²) in [5.74, 6) is -2.22. The van der Waals surface area contributed by atoms with Crippen LogP contribution in [0.2, 0.25) is 0 Å². The van der Waals surface area contributed by atoms with E-state index in [0.29, 0.717) is 0 Å². The van der Waals surface area contributed by atoms with Crippen molar-refractivity contribution >= 4 is 5.97 Å². The number of aliphatic hydroxyl groups is 2. The second-order valence-corrected chi connectivity index (χ2v) is 4.31. The van der Waals surface area contributed by atoms with E-state index >= 15 is 0 Å². The van der Waals surface area contributed by atoms with E-state index in [2.05, 4.69) is 0 Å². The van der Waals surface area contributed by atoms with Crippen molar-refractivity contribution in [3.05, 3.63) is 47.4 Å². The molecule has 0 saturated carbocycles. The fourth-order valence-corrected chi connectivity index (χ4v) is 2.08. The minimum Gasteiger partial charge on any atom is -0.505 e. The average Bonchev–Trinajstić information content (AvgIpc) is 3.01. The molecule has 0 spiro atoms. The number of carbonyl (C=O) groups is 1. The number of rotatable bonds is 2. The van der Waals surface area contributed by atoms with Crippen LogP contribution in [0, 0.1) is 0 Å². The molecular formula is C13H12O6. The molecule has 19 heavy (non-hydrogen) atoms. The third-order valence-corrected chi connectivity index (χ3v) is 3.06. The van der Waals surface area contributed by atoms with Gasteiger partial charge in [-0.3, -0.25) is 0 Å². The van der Waals surface area contributed by atoms with Gasteiger partial charge in [0.1, 0.15) is 6.10 Å². The van der Waals surface area contributed by atoms with Crippen LogP contribution in [-0.4, -0.2) is 35.0 Å². The Morgan fingerprint density at radius 3 is 2.53 bits per heavy atom. The van der Waals surface area contributed by atoms with E-state index < -0.39 is 36.0 Å². The molecule has 100 valence electrons. The Bertz CT molecular complexity index is 523. The molecule has 3 unspecified atom stereocenters. The molecule has 2 heterocycles. The summed E-state index contributed by atoms with van der Waals surface area (Å²) >= 11 is 0. The monoisotopic (exact) mass is 264 g/mol. The lowest BCUT2D eigenvalue weighted by molar-refractivity contribution is -0.149. The summed E-state index contributed by atoms with van der Waals surface area (Å²) in [5, 5.41) is 18.8. The third-order valence-electron chi connectivity index (χ3n) is 3.06. The zero-order valence-electron chi connectivity index (χ0n) is 9.85. The quantitative estimate of drug-likeness (QED) is 0.784. The number of aliphatic hydroxyl groups excluding tert-OH is 2. The van der Waals surface area contributed by atoms with Crippen molar-refractivity contribution in [3.8, 4) is 0 Å². The number of benzene rings is 1. The highest BCUT2D eigenvalue weighted by Crippen LogP contribution is 2.33. The van der Waals surface area contributed by atoms with Crippen LogP contribution >= 0.6 is 0 Å². The maximum absolute atomic E-state index is 11.1. The number of cyclic esters (lactones) is 1. The van der Waals surface area contributed by atoms with E-state index in [4.69, 9.17) is 14.2 Å². The number of hydrogen-bond acceptors (Lipinski definition) is 6. The molecule has 0 bridgehead atoms. The molecular weight excluding hydrogens is 252 g/mol. The van der Waals surface area contributed by atoms with E-state index in [9.17, 15) is 15.0 Å². The van der Waals surface area contributed by atoms with Gasteiger partial charge in [-0.05, 0) is 0 Å². The third kappa shape index (κ3) is 2.05. The summed E-state index contributed by atoms with van der Waals surface area (Å²) in [4.78, 5) is 11.1. The van der Waals surface area contributed by atoms with Gasteiger partial charge in [-0.25, -0.2) is 4.79 Å². The van der Waals surface area contributed by atoms with Gasteiger partial charge in [0.15, 0.2) is 18.2 Å². The maximum atomic E-state index is 11.1. The molecule has 1 aromatic rings. The van der Waals surface area contributed by atoms with Gasteiger partial charge in [-0.1, -0.05) is 30.3 Å². The molecule has 1 fully saturated rings. The zero-order valence-corrected chi connectivity index (χ0v) is 9.85. The molecule has 1 saturated heterocycles. The predicted octanol–water partition coefficient (Wildman–Crippen LogP) is 1.35. The number of carbonyl (C=O) groups excluding carboxylic acids is 1. The lowest BCUT2D eigenvalue weighted by atomic mass is 10.2. The molecule has 0 amide bonds. The van der Waals surface area contributed by atoms with E-state index in [0.717, 1.165) is 5.56 Å². The Labute approximate surface area is 108 Å². The van der Waals surface area contributed by atoms with Crippen molar-refractivity contribution in [3.63, 3.8) is 0 Å². The average molecular weight is 264 g/mol. The Balaban J connectivity index is 1.72. The van der Waals surface area contributed by atoms with Crippen molar-refractivity contribution in [2.24, 2.45) is 0 Å². The second kappa shape index (κ2) is 4.56. The molecule has 6 heteroatoms. The Hall–Kier alpha value is -2.05. The zero-order chi connectivity index (χ0) is 13.4. The topological polar surface area (TPSA) is 85.2 Å². The standard InChI is InChI=1S/C13H12O6/c14-9-10(15)12(16)19-11(9)8-6-17-13(18-8)7-4-2-1-3-5-7/h1-5,8,11,13-15H,6H2. The normalized spacial score (nSPS) is 30.7. The van der Waals surface area contributed by atoms with Gasteiger partial charge in [-0.2, -0.15) is 0 Å². The van der Waals surface area contributed by atoms with E-state index in [1.54, 1.807) is 0 Å². The number of ether oxygens (including phenoxy) is 3. The predicted molar refractivity (Wildman–Crippen MR) is 62.2 cm³/mol. The summed E-state index contributed by atoms with van der Waals surface area (Å²) in [6.07, 6.45) is -2.22. The molecule has 6 nitrogen and oxygen atoms in total. The van der Waals surface area contributed by atoms with Crippen molar-refractivity contribution in [2.75, 3.05) is 6.61 Å². The van der Waals surface area contributed by atoms with Gasteiger partial charge in [-0.15, -0.1) is 0 Å². The lowest BCUT2D eigenvalue weighted by Gasteiger charge is -2.16. The fraction of sp³-hybridized carbons (Fsp3) is 0.308. The van der Waals surface area contributed by atoms with Crippen molar-refractivity contribution in [1.82, 2.24) is 0 Å². The molecule has 0 aliphatic carbocycles. The smallest absolute Gasteiger partial charge is 0.377 e. The molecule has 1 aromatic carbocycles. The van der Waals surface area contributed by atoms with E-state index in [1.165, 1.54) is 0 Å². The number of esters is 1. The van der Waals surface area contributed by atoms with E-state index in [-0.39, 0.29) is 6.61 Å². The minimum atomic E-state index is -1.01. The molecule has 2 aliphatic heterocycles. The van der Waals surface area contributed by atoms with Gasteiger partial charge in [0, 0.05) is 5.56 Å². The van der Waals surface area contributed by atoms with Crippen molar-refractivity contribution in [2.45, 2.75) is 18.5 Å². The molecule has 3 atom stereocenters. The molecule has 0 radical (unpaired) electrons. The fourth-order valence-electron chi connectivity index (χ4n) is 2.08. The van der Waals surface area contributed by atoms with Gasteiger partial charge in [0.25, 0.3) is 0 Å². The summed E-state index contributed by atoms with van der Waals surface area (Å²) in [6, 6.07) is 9.28. The molecule has 0 aromatic heterocycles. The summed E-state index contributed by atoms with van der Waals surface area (Å²) < 4.78 is 15.9. The van der Waals surface area contributed by atoms with Crippen LogP contribution in [-0.2, 0) is 19.0 Å². The van der Waals surface area contributed by atoms with Crippen LogP contribution in [0.15, 0.2) is 41.9 Å². The van der Waals surface area contributed by atoms with Crippen LogP contribution in [0.25, 0.3) is 0 Å². The summed E-state index contributed by atoms with van der Waals surface area (Å²) in [5.41, 5.74) is 0.835. The molecule has 2 aliphatic rings. The first-order valence-corrected chi connectivity index (χ1v) is 5.82. The minimum absolute atomic E-state index is 0.162. The van der Waals surface area contributed by atoms with Crippen molar-refractivity contribution in [1.29, 1.82) is 0 Å². The first kappa shape index (κ1) is 12.0. The largest absolute Gasteiger partial charge is 0.505 e. The summed E-state index contributed by atoms with van der Waals surface area (Å²) in [7, 11) is 0. The maximum Gasteiger partial charge on any atom is 0.377 e. The first-order chi connectivity index (χ1) is 9.16. The highest BCUT2D eigenvalue weighted by atomic mass is 16.7. The van der Waals surface area contributed by atoms with Crippen LogP contribution in [0.3, 0.4) is 0 Å². The van der Waals surface area contributed by atoms with Crippen LogP contribution in [0.4, 0.5) is 0 Å². The first-order valence-electron chi connectivity index (χ1n) is 5.82. The Morgan fingerprint density at radius 1 is 1.16 bits per heavy atom. The van der Waals surface area contributed by atoms with Crippen LogP contribution < -0.4 is 0 Å². The van der Waals surface area contributed by atoms with Gasteiger partial charge < -0.3 is 24.4 Å². The van der Waals surface area contributed by atoms with Crippen LogP contribution in [0.1, 0.15) is 11.9 Å². The molecule has 3 rings (SSSR count).